The number of rotatable bonds is 4. The van der Waals surface area contributed by atoms with Crippen molar-refractivity contribution in [2.24, 2.45) is 0 Å². The van der Waals surface area contributed by atoms with E-state index in [-0.39, 0.29) is 5.82 Å². The van der Waals surface area contributed by atoms with Gasteiger partial charge in [-0.3, -0.25) is 0 Å². The van der Waals surface area contributed by atoms with E-state index >= 15 is 0 Å². The van der Waals surface area contributed by atoms with Crippen molar-refractivity contribution in [1.29, 1.82) is 0 Å². The Morgan fingerprint density at radius 3 is 2.88 bits per heavy atom. The van der Waals surface area contributed by atoms with Gasteiger partial charge in [-0.25, -0.2) is 0 Å². The first-order valence-corrected chi connectivity index (χ1v) is 4.62. The fourth-order valence-corrected chi connectivity index (χ4v) is 1.20. The summed E-state index contributed by atoms with van der Waals surface area (Å²) in [6.45, 7) is 0.520. The fraction of sp³-hybridized carbons (Fsp3) is 0.100. The maximum atomic E-state index is 10.4. The van der Waals surface area contributed by atoms with Crippen LogP contribution in [0, 0.1) is 10.1 Å². The van der Waals surface area contributed by atoms with Crippen LogP contribution < -0.4 is 5.32 Å². The molecule has 0 aliphatic rings. The lowest BCUT2D eigenvalue weighted by Crippen LogP contribution is -1.99. The maximum Gasteiger partial charge on any atom is 0.363 e. The van der Waals surface area contributed by atoms with E-state index in [1.54, 1.807) is 18.4 Å². The van der Waals surface area contributed by atoms with Gasteiger partial charge in [0.15, 0.2) is 6.20 Å². The Morgan fingerprint density at radius 2 is 2.31 bits per heavy atom. The first kappa shape index (κ1) is 10.2. The smallest absolute Gasteiger partial charge is 0.363 e. The summed E-state index contributed by atoms with van der Waals surface area (Å²) in [7, 11) is 0. The number of pyridine rings is 1. The minimum Gasteiger partial charge on any atom is -0.467 e. The zero-order chi connectivity index (χ0) is 11.4. The molecule has 0 spiro atoms. The van der Waals surface area contributed by atoms with Crippen LogP contribution in [-0.4, -0.2) is 9.91 Å². The molecule has 6 heteroatoms. The van der Waals surface area contributed by atoms with Crippen LogP contribution >= 0.6 is 0 Å². The van der Waals surface area contributed by atoms with Gasteiger partial charge in [-0.15, -0.1) is 0 Å². The minimum atomic E-state index is -0.531. The molecule has 0 fully saturated rings. The van der Waals surface area contributed by atoms with Gasteiger partial charge in [-0.05, 0) is 28.1 Å². The molecule has 0 aromatic carbocycles. The van der Waals surface area contributed by atoms with Crippen LogP contribution in [0.4, 0.5) is 11.5 Å². The van der Waals surface area contributed by atoms with Crippen molar-refractivity contribution in [3.63, 3.8) is 0 Å². The van der Waals surface area contributed by atoms with Crippen LogP contribution in [0.25, 0.3) is 0 Å². The van der Waals surface area contributed by atoms with E-state index in [0.717, 1.165) is 5.76 Å². The van der Waals surface area contributed by atoms with Gasteiger partial charge in [0.2, 0.25) is 0 Å². The Hall–Kier alpha value is -2.37. The van der Waals surface area contributed by atoms with Crippen LogP contribution in [0.1, 0.15) is 5.76 Å². The van der Waals surface area contributed by atoms with E-state index in [1.165, 1.54) is 12.3 Å². The van der Waals surface area contributed by atoms with E-state index in [9.17, 15) is 10.1 Å². The fourth-order valence-electron chi connectivity index (χ4n) is 1.20. The van der Waals surface area contributed by atoms with Gasteiger partial charge >= 0.3 is 5.82 Å². The average molecular weight is 219 g/mol. The highest BCUT2D eigenvalue weighted by Crippen LogP contribution is 2.12. The summed E-state index contributed by atoms with van der Waals surface area (Å²) >= 11 is 0. The molecule has 6 nitrogen and oxygen atoms in total. The summed E-state index contributed by atoms with van der Waals surface area (Å²) in [4.78, 5) is 13.5. The lowest BCUT2D eigenvalue weighted by molar-refractivity contribution is -0.389. The Morgan fingerprint density at radius 1 is 1.44 bits per heavy atom. The molecule has 0 saturated heterocycles. The summed E-state index contributed by atoms with van der Waals surface area (Å²) in [5.41, 5.74) is 0.710. The van der Waals surface area contributed by atoms with E-state index in [2.05, 4.69) is 10.3 Å². The highest BCUT2D eigenvalue weighted by Gasteiger charge is 2.05. The number of aromatic nitrogens is 1. The van der Waals surface area contributed by atoms with Crippen LogP contribution in [-0.2, 0) is 6.54 Å². The van der Waals surface area contributed by atoms with Gasteiger partial charge in [0.1, 0.15) is 5.76 Å². The molecule has 2 aromatic rings. The maximum absolute atomic E-state index is 10.4. The minimum absolute atomic E-state index is 0.163. The van der Waals surface area contributed by atoms with Crippen molar-refractivity contribution in [1.82, 2.24) is 4.98 Å². The summed E-state index contributed by atoms with van der Waals surface area (Å²) in [5.74, 6) is 0.627. The van der Waals surface area contributed by atoms with Gasteiger partial charge in [-0.1, -0.05) is 0 Å². The second-order valence-electron chi connectivity index (χ2n) is 3.10. The first-order chi connectivity index (χ1) is 7.75. The number of hydrogen-bond donors (Lipinski definition) is 1. The largest absolute Gasteiger partial charge is 0.467 e. The molecule has 0 radical (unpaired) electrons. The molecule has 0 amide bonds. The predicted molar refractivity (Wildman–Crippen MR) is 56.9 cm³/mol. The Bertz CT molecular complexity index is 465. The lowest BCUT2D eigenvalue weighted by atomic mass is 10.4. The highest BCUT2D eigenvalue weighted by molar-refractivity contribution is 5.43. The van der Waals surface area contributed by atoms with Crippen LogP contribution in [0.3, 0.4) is 0 Å². The zero-order valence-corrected chi connectivity index (χ0v) is 8.29. The number of nitrogens with one attached hydrogen (secondary N) is 1. The van der Waals surface area contributed by atoms with Gasteiger partial charge in [0.05, 0.1) is 18.5 Å². The summed E-state index contributed by atoms with van der Waals surface area (Å²) in [6, 6.07) is 6.59. The highest BCUT2D eigenvalue weighted by atomic mass is 16.6. The van der Waals surface area contributed by atoms with Crippen LogP contribution in [0.5, 0.6) is 0 Å². The SMILES string of the molecule is O=[N+]([O-])c1ccc(NCc2ccco2)cn1. The van der Waals surface area contributed by atoms with Crippen LogP contribution in [0.15, 0.2) is 41.1 Å². The molecule has 2 rings (SSSR count). The molecule has 0 aliphatic carbocycles. The molecule has 0 aliphatic heterocycles. The normalized spacial score (nSPS) is 10.0. The number of anilines is 1. The molecule has 82 valence electrons. The third-order valence-corrected chi connectivity index (χ3v) is 1.98. The standard InChI is InChI=1S/C10H9N3O3/c14-13(15)10-4-3-8(6-12-10)11-7-9-2-1-5-16-9/h1-6,11H,7H2. The molecule has 0 unspecified atom stereocenters. The molecular formula is C10H9N3O3. The predicted octanol–water partition coefficient (Wildman–Crippen LogP) is 2.19. The van der Waals surface area contributed by atoms with E-state index < -0.39 is 4.92 Å². The molecule has 0 atom stereocenters. The molecule has 1 N–H and O–H groups in total. The molecule has 2 aromatic heterocycles. The summed E-state index contributed by atoms with van der Waals surface area (Å²) in [6.07, 6.45) is 3.01. The van der Waals surface area contributed by atoms with Crippen LogP contribution in [0.2, 0.25) is 0 Å². The van der Waals surface area contributed by atoms with Crippen molar-refractivity contribution >= 4 is 11.5 Å². The lowest BCUT2D eigenvalue weighted by Gasteiger charge is -2.01. The molecule has 2 heterocycles. The van der Waals surface area contributed by atoms with Gasteiger partial charge < -0.3 is 19.8 Å². The van der Waals surface area contributed by atoms with E-state index in [0.29, 0.717) is 12.2 Å². The Balaban J connectivity index is 1.98. The molecule has 0 saturated carbocycles. The molecule has 16 heavy (non-hydrogen) atoms. The summed E-state index contributed by atoms with van der Waals surface area (Å²) in [5, 5.41) is 13.4. The molecule has 0 bridgehead atoms. The number of nitro groups is 1. The monoisotopic (exact) mass is 219 g/mol. The summed E-state index contributed by atoms with van der Waals surface area (Å²) < 4.78 is 5.13. The topological polar surface area (TPSA) is 81.2 Å². The Labute approximate surface area is 91.1 Å². The number of hydrogen-bond acceptors (Lipinski definition) is 5. The molecular weight excluding hydrogens is 210 g/mol. The third-order valence-electron chi connectivity index (χ3n) is 1.98. The second-order valence-corrected chi connectivity index (χ2v) is 3.10. The van der Waals surface area contributed by atoms with E-state index in [1.807, 2.05) is 6.07 Å². The first-order valence-electron chi connectivity index (χ1n) is 4.62. The van der Waals surface area contributed by atoms with Crippen molar-refractivity contribution in [3.05, 3.63) is 52.6 Å². The van der Waals surface area contributed by atoms with Gasteiger partial charge in [-0.2, -0.15) is 0 Å². The van der Waals surface area contributed by atoms with Gasteiger partial charge in [0, 0.05) is 6.07 Å². The third kappa shape index (κ3) is 2.35. The van der Waals surface area contributed by atoms with Crippen molar-refractivity contribution < 1.29 is 9.34 Å². The average Bonchev–Trinajstić information content (AvgIpc) is 2.80. The quantitative estimate of drug-likeness (QED) is 0.629. The second kappa shape index (κ2) is 4.43. The number of nitrogens with zero attached hydrogens (tertiary/aromatic N) is 2. The van der Waals surface area contributed by atoms with Gasteiger partial charge in [0.25, 0.3) is 0 Å². The number of furan rings is 1. The Kier molecular flexibility index (Phi) is 2.81. The van der Waals surface area contributed by atoms with Crippen molar-refractivity contribution in [2.45, 2.75) is 6.54 Å². The van der Waals surface area contributed by atoms with Crippen molar-refractivity contribution in [3.8, 4) is 0 Å². The zero-order valence-electron chi connectivity index (χ0n) is 8.29. The van der Waals surface area contributed by atoms with Crippen molar-refractivity contribution in [2.75, 3.05) is 5.32 Å². The van der Waals surface area contributed by atoms with E-state index in [4.69, 9.17) is 4.42 Å².